The van der Waals surface area contributed by atoms with Crippen LogP contribution >= 0.6 is 0 Å². The fraction of sp³-hybridized carbons (Fsp3) is 0.293. The molecule has 6 rings (SSSR count). The molecule has 0 fully saturated rings. The van der Waals surface area contributed by atoms with Gasteiger partial charge in [0.2, 0.25) is 0 Å². The van der Waals surface area contributed by atoms with Gasteiger partial charge in [-0.05, 0) is 0 Å². The van der Waals surface area contributed by atoms with E-state index in [1.54, 1.807) is 0 Å². The Kier molecular flexibility index (Phi) is 6.29. The van der Waals surface area contributed by atoms with E-state index in [4.69, 9.17) is 4.26 Å². The van der Waals surface area contributed by atoms with E-state index >= 15 is 0 Å². The summed E-state index contributed by atoms with van der Waals surface area (Å²) < 4.78 is 15.6. The molecule has 0 spiro atoms. The maximum atomic E-state index is 5.69. The van der Waals surface area contributed by atoms with E-state index in [9.17, 15) is 0 Å². The van der Waals surface area contributed by atoms with Crippen LogP contribution in [0.2, 0.25) is 18.2 Å². The third kappa shape index (κ3) is 4.14. The summed E-state index contributed by atoms with van der Waals surface area (Å²) in [6.45, 7) is 6.90. The second-order valence-corrected chi connectivity index (χ2v) is 70.2. The number of hydrogen-bond donors (Lipinski definition) is 0. The zero-order chi connectivity index (χ0) is 29.9. The second kappa shape index (κ2) is 9.06. The summed E-state index contributed by atoms with van der Waals surface area (Å²) in [6.07, 6.45) is 13.2. The average Bonchev–Trinajstić information content (AvgIpc) is 3.64. The van der Waals surface area contributed by atoms with E-state index < -0.39 is 15.1 Å². The molecule has 1 heteroatoms. The molecule has 0 aromatic heterocycles. The van der Waals surface area contributed by atoms with Gasteiger partial charge in [0, 0.05) is 0 Å². The summed E-state index contributed by atoms with van der Waals surface area (Å²) in [7, 11) is 0. The van der Waals surface area contributed by atoms with Gasteiger partial charge in [0.1, 0.15) is 0 Å². The summed E-state index contributed by atoms with van der Waals surface area (Å²) in [4.78, 5) is 0. The molecule has 0 aliphatic heterocycles. The topological polar surface area (TPSA) is 0 Å². The minimum atomic E-state index is -5.15. The Balaban J connectivity index is 1.57. The summed E-state index contributed by atoms with van der Waals surface area (Å²) in [6, 6.07) is 32.0. The summed E-state index contributed by atoms with van der Waals surface area (Å²) >= 11 is -5.15. The van der Waals surface area contributed by atoms with Gasteiger partial charge in [-0.2, -0.15) is 0 Å². The molecular weight excluding hydrogens is 671 g/mol. The zero-order valence-corrected chi connectivity index (χ0v) is 30.2. The molecule has 0 amide bonds. The number of hydrogen-bond acceptors (Lipinski definition) is 0. The first kappa shape index (κ1) is 29.2. The van der Waals surface area contributed by atoms with Gasteiger partial charge in [-0.25, -0.2) is 0 Å². The van der Waals surface area contributed by atoms with Gasteiger partial charge < -0.3 is 0 Å². The number of allylic oxidation sites excluding steroid dienone is 2. The fourth-order valence-corrected chi connectivity index (χ4v) is 42.5. The number of fused-ring (bicyclic) bond motifs is 2. The summed E-state index contributed by atoms with van der Waals surface area (Å²) in [5.41, 5.74) is 14.1. The molecule has 2 aliphatic carbocycles. The Morgan fingerprint density at radius 1 is 0.548 bits per heavy atom. The molecule has 0 saturated carbocycles. The van der Waals surface area contributed by atoms with Crippen LogP contribution in [0.25, 0.3) is 34.4 Å². The van der Waals surface area contributed by atoms with Crippen LogP contribution in [0.5, 0.6) is 0 Å². The van der Waals surface area contributed by atoms with Crippen LogP contribution in [0.15, 0.2) is 97.1 Å². The van der Waals surface area contributed by atoms with Crippen molar-refractivity contribution in [2.45, 2.75) is 65.6 Å². The third-order valence-corrected chi connectivity index (χ3v) is 48.3. The van der Waals surface area contributed by atoms with Crippen LogP contribution in [0, 0.1) is 0 Å². The van der Waals surface area contributed by atoms with Gasteiger partial charge in [0.25, 0.3) is 0 Å². The van der Waals surface area contributed by atoms with Crippen LogP contribution < -0.4 is 0 Å². The fourth-order valence-electron chi connectivity index (χ4n) is 9.56. The van der Waals surface area contributed by atoms with Crippen molar-refractivity contribution in [3.05, 3.63) is 130 Å². The number of aryl methyl sites for hydroxylation is 2. The monoisotopic (exact) mass is 720 g/mol. The van der Waals surface area contributed by atoms with Gasteiger partial charge in [0.15, 0.2) is 0 Å². The van der Waals surface area contributed by atoms with Crippen molar-refractivity contribution in [3.8, 4) is 22.3 Å². The van der Waals surface area contributed by atoms with Crippen LogP contribution in [0.4, 0.5) is 0 Å². The average molecular weight is 719 g/mol. The minimum absolute atomic E-state index is 0.310. The molecule has 2 unspecified atom stereocenters. The molecule has 42 heavy (non-hydrogen) atoms. The van der Waals surface area contributed by atoms with Crippen LogP contribution in [-0.2, 0) is 27.9 Å². The molecule has 2 atom stereocenters. The van der Waals surface area contributed by atoms with Gasteiger partial charge >= 0.3 is 250 Å². The van der Waals surface area contributed by atoms with Crippen molar-refractivity contribution >= 4 is 16.4 Å². The Bertz CT molecular complexity index is 1780. The first-order valence-electron chi connectivity index (χ1n) is 16.2. The van der Waals surface area contributed by atoms with Crippen molar-refractivity contribution in [2.24, 2.45) is 0 Å². The first-order chi connectivity index (χ1) is 19.9. The second-order valence-electron chi connectivity index (χ2n) is 16.6. The number of benzene rings is 4. The Labute approximate surface area is 248 Å². The Morgan fingerprint density at radius 2 is 0.952 bits per heavy atom. The van der Waals surface area contributed by atoms with Gasteiger partial charge in [-0.15, -0.1) is 0 Å². The van der Waals surface area contributed by atoms with Gasteiger partial charge in [-0.1, -0.05) is 0 Å². The van der Waals surface area contributed by atoms with Crippen molar-refractivity contribution in [2.75, 3.05) is 0 Å². The van der Waals surface area contributed by atoms with Gasteiger partial charge in [-0.3, -0.25) is 0 Å². The maximum absolute atomic E-state index is 5.69. The molecule has 0 radical (unpaired) electrons. The zero-order valence-electron chi connectivity index (χ0n) is 26.6. The van der Waals surface area contributed by atoms with E-state index in [0.717, 1.165) is 19.3 Å². The van der Waals surface area contributed by atoms with E-state index in [2.05, 4.69) is 144 Å². The third-order valence-electron chi connectivity index (χ3n) is 11.8. The Hall–Kier alpha value is -2.90. The molecular formula is C41H48Hf. The van der Waals surface area contributed by atoms with Crippen LogP contribution in [0.1, 0.15) is 67.9 Å². The number of rotatable bonds is 8. The standard InChI is InChI=1S/2C17H15.C3H7.3CH3.CH2.Hf/c2*1-2-13-7-3-4-10-15(13)17-12-6-9-14-8-5-11-16(14)17;1-3-2;;;;;/h2*3-12H,2H2,1H3;1,3H2,2H3;3*1H3;1H2;. The van der Waals surface area contributed by atoms with E-state index in [1.807, 2.05) is 0 Å². The first-order valence-corrected chi connectivity index (χ1v) is 36.3. The molecule has 216 valence electrons. The van der Waals surface area contributed by atoms with Crippen LogP contribution in [0.3, 0.4) is 0 Å². The van der Waals surface area contributed by atoms with Crippen molar-refractivity contribution < 1.29 is 15.1 Å². The van der Waals surface area contributed by atoms with Crippen molar-refractivity contribution in [3.63, 3.8) is 0 Å². The predicted molar refractivity (Wildman–Crippen MR) is 186 cm³/mol. The molecule has 4 aromatic carbocycles. The molecule has 0 heterocycles. The summed E-state index contributed by atoms with van der Waals surface area (Å²) in [5.74, 6) is 0. The summed E-state index contributed by atoms with van der Waals surface area (Å²) in [5, 5.41) is 0. The molecule has 0 N–H and O–H groups in total. The quantitative estimate of drug-likeness (QED) is 0.159. The van der Waals surface area contributed by atoms with E-state index in [0.29, 0.717) is 7.35 Å². The van der Waals surface area contributed by atoms with E-state index in [-0.39, 0.29) is 0 Å². The molecule has 4 aromatic rings. The normalized spacial score (nSPS) is 19.9. The molecule has 0 nitrogen and oxygen atoms in total. The molecule has 0 bridgehead atoms. The Morgan fingerprint density at radius 3 is 1.36 bits per heavy atom. The van der Waals surface area contributed by atoms with Crippen LogP contribution in [-0.4, -0.2) is 4.26 Å². The van der Waals surface area contributed by atoms with E-state index in [1.165, 1.54) is 59.8 Å². The predicted octanol–water partition coefficient (Wildman–Crippen LogP) is 12.1. The SMILES string of the molecule is [CH2]=[Hf]([CH3])([CH3])([CH3])([CH2]CC)([CH]1C=Cc2c(-c3ccccc3CC)cccc21)[CH]1C=Cc2c(-c3ccccc3CC)cccc21. The van der Waals surface area contributed by atoms with Crippen molar-refractivity contribution in [1.29, 1.82) is 0 Å². The van der Waals surface area contributed by atoms with Gasteiger partial charge in [0.05, 0.1) is 0 Å². The molecule has 0 saturated heterocycles. The molecule has 2 aliphatic rings. The van der Waals surface area contributed by atoms with Crippen molar-refractivity contribution in [1.82, 2.24) is 0 Å².